The highest BCUT2D eigenvalue weighted by Gasteiger charge is 2.47. The molecule has 1 aliphatic rings. The minimum atomic E-state index is -1.06. The van der Waals surface area contributed by atoms with Crippen LogP contribution in [0.2, 0.25) is 5.02 Å². The number of carbonyl (C=O) groups is 1. The molecule has 1 fully saturated rings. The summed E-state index contributed by atoms with van der Waals surface area (Å²) in [6.45, 7) is 5.86. The Labute approximate surface area is 131 Å². The van der Waals surface area contributed by atoms with E-state index < -0.39 is 17.3 Å². The summed E-state index contributed by atoms with van der Waals surface area (Å²) in [4.78, 5) is 13.3. The number of nitrogens with zero attached hydrogens (tertiary/aromatic N) is 1. The fraction of sp³-hybridized carbons (Fsp3) is 0.500. The van der Waals surface area contributed by atoms with E-state index in [1.54, 1.807) is 18.2 Å². The molecule has 0 spiro atoms. The van der Waals surface area contributed by atoms with Crippen LogP contribution < -0.4 is 0 Å². The first-order valence-electron chi connectivity index (χ1n) is 6.27. The number of carbonyl (C=O) groups excluding carboxylic acids is 1. The highest BCUT2D eigenvalue weighted by atomic mass is 79.9. The smallest absolute Gasteiger partial charge is 0.410 e. The van der Waals surface area contributed by atoms with Crippen LogP contribution in [0.15, 0.2) is 22.7 Å². The van der Waals surface area contributed by atoms with Crippen molar-refractivity contribution in [3.63, 3.8) is 0 Å². The maximum absolute atomic E-state index is 11.9. The van der Waals surface area contributed by atoms with E-state index in [-0.39, 0.29) is 13.1 Å². The Morgan fingerprint density at radius 2 is 2.05 bits per heavy atom. The first-order valence-corrected chi connectivity index (χ1v) is 7.44. The van der Waals surface area contributed by atoms with Crippen LogP contribution >= 0.6 is 27.5 Å². The number of ether oxygens (including phenoxy) is 1. The van der Waals surface area contributed by atoms with Gasteiger partial charge in [-0.15, -0.1) is 0 Å². The fourth-order valence-electron chi connectivity index (χ4n) is 2.08. The van der Waals surface area contributed by atoms with Crippen molar-refractivity contribution in [2.45, 2.75) is 32.0 Å². The molecule has 6 heteroatoms. The molecule has 0 aliphatic carbocycles. The van der Waals surface area contributed by atoms with Crippen LogP contribution in [0.3, 0.4) is 0 Å². The minimum absolute atomic E-state index is 0.210. The van der Waals surface area contributed by atoms with Crippen molar-refractivity contribution in [2.75, 3.05) is 13.1 Å². The van der Waals surface area contributed by atoms with E-state index in [0.717, 1.165) is 10.0 Å². The van der Waals surface area contributed by atoms with E-state index in [4.69, 9.17) is 16.3 Å². The molecule has 0 radical (unpaired) electrons. The lowest BCUT2D eigenvalue weighted by molar-refractivity contribution is -0.104. The molecule has 0 unspecified atom stereocenters. The lowest BCUT2D eigenvalue weighted by Gasteiger charge is -2.46. The molecule has 20 heavy (non-hydrogen) atoms. The Bertz CT molecular complexity index is 536. The summed E-state index contributed by atoms with van der Waals surface area (Å²) in [7, 11) is 0. The van der Waals surface area contributed by atoms with Crippen LogP contribution in [0.25, 0.3) is 0 Å². The van der Waals surface area contributed by atoms with Crippen LogP contribution in [0.5, 0.6) is 0 Å². The zero-order valence-electron chi connectivity index (χ0n) is 11.6. The Hall–Kier alpha value is -0.780. The van der Waals surface area contributed by atoms with Gasteiger partial charge in [-0.1, -0.05) is 33.6 Å². The van der Waals surface area contributed by atoms with Crippen LogP contribution in [0, 0.1) is 0 Å². The van der Waals surface area contributed by atoms with E-state index in [1.807, 2.05) is 20.8 Å². The molecule has 1 aromatic rings. The van der Waals surface area contributed by atoms with Gasteiger partial charge in [-0.3, -0.25) is 0 Å². The maximum atomic E-state index is 11.9. The van der Waals surface area contributed by atoms with Gasteiger partial charge >= 0.3 is 6.09 Å². The molecule has 0 saturated carbocycles. The van der Waals surface area contributed by atoms with Crippen molar-refractivity contribution >= 4 is 33.6 Å². The number of hydrogen-bond donors (Lipinski definition) is 1. The number of halogens is 2. The zero-order chi connectivity index (χ0) is 15.1. The quantitative estimate of drug-likeness (QED) is 0.831. The normalized spacial score (nSPS) is 17.6. The van der Waals surface area contributed by atoms with E-state index in [1.165, 1.54) is 4.90 Å². The zero-order valence-corrected chi connectivity index (χ0v) is 14.0. The van der Waals surface area contributed by atoms with Crippen molar-refractivity contribution < 1.29 is 14.6 Å². The summed E-state index contributed by atoms with van der Waals surface area (Å²) in [5, 5.41) is 11.1. The summed E-state index contributed by atoms with van der Waals surface area (Å²) >= 11 is 9.27. The predicted molar refractivity (Wildman–Crippen MR) is 80.9 cm³/mol. The lowest BCUT2D eigenvalue weighted by atomic mass is 9.86. The summed E-state index contributed by atoms with van der Waals surface area (Å²) in [5.41, 5.74) is -0.867. The minimum Gasteiger partial charge on any atom is -0.444 e. The van der Waals surface area contributed by atoms with Crippen molar-refractivity contribution in [1.82, 2.24) is 4.90 Å². The Balaban J connectivity index is 2.05. The number of aliphatic hydroxyl groups is 1. The molecule has 1 heterocycles. The molecule has 2 rings (SSSR count). The van der Waals surface area contributed by atoms with Gasteiger partial charge in [0.05, 0.1) is 13.1 Å². The number of amides is 1. The van der Waals surface area contributed by atoms with E-state index in [0.29, 0.717) is 5.02 Å². The van der Waals surface area contributed by atoms with Crippen LogP contribution in [0.4, 0.5) is 4.79 Å². The van der Waals surface area contributed by atoms with E-state index >= 15 is 0 Å². The third-order valence-corrected chi connectivity index (χ3v) is 3.88. The van der Waals surface area contributed by atoms with Gasteiger partial charge in [0.25, 0.3) is 0 Å². The first kappa shape index (κ1) is 15.6. The molecular weight excluding hydrogens is 346 g/mol. The summed E-state index contributed by atoms with van der Waals surface area (Å²) in [6.07, 6.45) is -0.410. The molecule has 0 bridgehead atoms. The van der Waals surface area contributed by atoms with Gasteiger partial charge in [0.15, 0.2) is 0 Å². The molecule has 4 nitrogen and oxygen atoms in total. The van der Waals surface area contributed by atoms with Gasteiger partial charge < -0.3 is 14.7 Å². The molecule has 1 N–H and O–H groups in total. The largest absolute Gasteiger partial charge is 0.444 e. The van der Waals surface area contributed by atoms with Gasteiger partial charge in [0.2, 0.25) is 0 Å². The molecule has 0 aromatic heterocycles. The Morgan fingerprint density at radius 1 is 1.45 bits per heavy atom. The molecule has 1 aliphatic heterocycles. The standard InChI is InChI=1S/C14H17BrClNO3/c1-13(2,3)20-12(18)17-7-14(19,8-17)10-5-4-9(16)6-11(10)15/h4-6,19H,7-8H2,1-3H3. The SMILES string of the molecule is CC(C)(C)OC(=O)N1CC(O)(c2ccc(Cl)cc2Br)C1. The first-order chi connectivity index (χ1) is 9.11. The molecule has 110 valence electrons. The fourth-order valence-corrected chi connectivity index (χ4v) is 3.13. The van der Waals surface area contributed by atoms with E-state index in [9.17, 15) is 9.90 Å². The predicted octanol–water partition coefficient (Wildman–Crippen LogP) is 3.54. The summed E-state index contributed by atoms with van der Waals surface area (Å²) in [6, 6.07) is 5.21. The highest BCUT2D eigenvalue weighted by Crippen LogP contribution is 2.37. The van der Waals surface area contributed by atoms with Crippen molar-refractivity contribution in [1.29, 1.82) is 0 Å². The lowest BCUT2D eigenvalue weighted by Crippen LogP contribution is -2.62. The number of likely N-dealkylation sites (tertiary alicyclic amines) is 1. The number of hydrogen-bond acceptors (Lipinski definition) is 3. The molecule has 0 atom stereocenters. The monoisotopic (exact) mass is 361 g/mol. The van der Waals surface area contributed by atoms with Gasteiger partial charge in [0, 0.05) is 15.1 Å². The molecule has 1 aromatic carbocycles. The van der Waals surface area contributed by atoms with Crippen LogP contribution in [-0.4, -0.2) is 34.8 Å². The summed E-state index contributed by atoms with van der Waals surface area (Å²) in [5.74, 6) is 0. The average molecular weight is 363 g/mol. The molecule has 1 saturated heterocycles. The third kappa shape index (κ3) is 3.27. The van der Waals surface area contributed by atoms with Crippen molar-refractivity contribution in [2.24, 2.45) is 0 Å². The van der Waals surface area contributed by atoms with Gasteiger partial charge in [-0.25, -0.2) is 4.79 Å². The average Bonchev–Trinajstić information content (AvgIpc) is 2.22. The highest BCUT2D eigenvalue weighted by molar-refractivity contribution is 9.10. The van der Waals surface area contributed by atoms with Crippen molar-refractivity contribution in [3.8, 4) is 0 Å². The second-order valence-corrected chi connectivity index (χ2v) is 7.28. The van der Waals surface area contributed by atoms with Crippen LogP contribution in [-0.2, 0) is 10.3 Å². The van der Waals surface area contributed by atoms with Gasteiger partial charge in [0.1, 0.15) is 11.2 Å². The second-order valence-electron chi connectivity index (χ2n) is 5.99. The maximum Gasteiger partial charge on any atom is 0.410 e. The number of β-amino-alcohol motifs (C(OH)–C–C–N with tert-alkyl or cyclic N) is 1. The second kappa shape index (κ2) is 5.20. The summed E-state index contributed by atoms with van der Waals surface area (Å²) < 4.78 is 6.00. The Morgan fingerprint density at radius 3 is 2.55 bits per heavy atom. The number of benzene rings is 1. The Kier molecular flexibility index (Phi) is 4.06. The van der Waals surface area contributed by atoms with E-state index in [2.05, 4.69) is 15.9 Å². The van der Waals surface area contributed by atoms with Crippen LogP contribution in [0.1, 0.15) is 26.3 Å². The molecular formula is C14H17BrClNO3. The van der Waals surface area contributed by atoms with Gasteiger partial charge in [-0.05, 0) is 32.9 Å². The molecule has 1 amide bonds. The third-order valence-electron chi connectivity index (χ3n) is 2.99. The van der Waals surface area contributed by atoms with Gasteiger partial charge in [-0.2, -0.15) is 0 Å². The van der Waals surface area contributed by atoms with Crippen molar-refractivity contribution in [3.05, 3.63) is 33.3 Å². The topological polar surface area (TPSA) is 49.8 Å². The number of rotatable bonds is 1.